The lowest BCUT2D eigenvalue weighted by atomic mass is 10.0. The largest absolute Gasteiger partial charge is 0.505 e. The molecular weight excluding hydrogens is 565 g/mol. The predicted octanol–water partition coefficient (Wildman–Crippen LogP) is 7.73. The van der Waals surface area contributed by atoms with Crippen LogP contribution in [-0.4, -0.2) is 30.6 Å². The number of fused-ring (bicyclic) bond motifs is 1. The van der Waals surface area contributed by atoms with Crippen LogP contribution in [0.5, 0.6) is 11.5 Å². The molecule has 0 saturated heterocycles. The number of halogens is 2. The molecule has 0 aliphatic rings. The van der Waals surface area contributed by atoms with Gasteiger partial charge in [-0.15, -0.1) is 10.2 Å². The maximum absolute atomic E-state index is 13.2. The SMILES string of the molecule is CCOc1cc(NC(=O)c2cc3ccccc3c(N=Nc3c(S(=O)(=O)O)ccc(Cl)c3CC)c2O)ccc1Cl. The number of nitrogens with one attached hydrogen (secondary N) is 1. The number of phenols is 1. The molecular formula is C27H23Cl2N3O6S. The molecule has 9 nitrogen and oxygen atoms in total. The van der Waals surface area contributed by atoms with E-state index in [0.29, 0.717) is 39.4 Å². The number of anilines is 1. The number of aromatic hydroxyl groups is 1. The van der Waals surface area contributed by atoms with Gasteiger partial charge in [0.2, 0.25) is 0 Å². The summed E-state index contributed by atoms with van der Waals surface area (Å²) in [7, 11) is -4.67. The van der Waals surface area contributed by atoms with E-state index >= 15 is 0 Å². The highest BCUT2D eigenvalue weighted by Crippen LogP contribution is 2.42. The van der Waals surface area contributed by atoms with Crippen LogP contribution in [0.15, 0.2) is 75.8 Å². The molecule has 39 heavy (non-hydrogen) atoms. The van der Waals surface area contributed by atoms with Crippen molar-refractivity contribution in [3.05, 3.63) is 81.8 Å². The Balaban J connectivity index is 1.84. The van der Waals surface area contributed by atoms with Crippen molar-refractivity contribution in [3.8, 4) is 11.5 Å². The second kappa shape index (κ2) is 11.6. The number of carbonyl (C=O) groups excluding carboxylic acids is 1. The molecule has 12 heteroatoms. The van der Waals surface area contributed by atoms with E-state index in [0.717, 1.165) is 6.07 Å². The van der Waals surface area contributed by atoms with Crippen molar-refractivity contribution >= 4 is 67.1 Å². The van der Waals surface area contributed by atoms with Gasteiger partial charge in [-0.3, -0.25) is 9.35 Å². The first-order chi connectivity index (χ1) is 18.5. The molecule has 0 unspecified atom stereocenters. The van der Waals surface area contributed by atoms with Crippen LogP contribution >= 0.6 is 23.2 Å². The smallest absolute Gasteiger partial charge is 0.296 e. The molecule has 4 rings (SSSR count). The lowest BCUT2D eigenvalue weighted by molar-refractivity contribution is 0.102. The van der Waals surface area contributed by atoms with Crippen molar-refractivity contribution < 1.29 is 27.6 Å². The van der Waals surface area contributed by atoms with Gasteiger partial charge in [-0.2, -0.15) is 8.42 Å². The number of azo groups is 1. The summed E-state index contributed by atoms with van der Waals surface area (Å²) in [6.45, 7) is 3.92. The number of hydrogen-bond acceptors (Lipinski definition) is 7. The van der Waals surface area contributed by atoms with Gasteiger partial charge in [0.05, 0.1) is 17.2 Å². The van der Waals surface area contributed by atoms with Gasteiger partial charge in [-0.05, 0) is 54.6 Å². The fourth-order valence-corrected chi connectivity index (χ4v) is 5.09. The molecule has 1 amide bonds. The Morgan fingerprint density at radius 1 is 0.974 bits per heavy atom. The molecule has 4 aromatic carbocycles. The Morgan fingerprint density at radius 3 is 2.36 bits per heavy atom. The summed E-state index contributed by atoms with van der Waals surface area (Å²) in [4.78, 5) is 12.8. The molecule has 0 saturated carbocycles. The molecule has 0 spiro atoms. The monoisotopic (exact) mass is 587 g/mol. The van der Waals surface area contributed by atoms with Gasteiger partial charge >= 0.3 is 0 Å². The molecule has 202 valence electrons. The zero-order valence-corrected chi connectivity index (χ0v) is 23.1. The third-order valence-corrected chi connectivity index (χ3v) is 7.35. The quantitative estimate of drug-likeness (QED) is 0.142. The molecule has 0 aliphatic heterocycles. The number of ether oxygens (including phenoxy) is 1. The summed E-state index contributed by atoms with van der Waals surface area (Å²) < 4.78 is 39.2. The summed E-state index contributed by atoms with van der Waals surface area (Å²) in [5.41, 5.74) is 0.365. The standard InChI is InChI=1S/C27H23Cl2N3O6S/c1-3-17-20(28)11-12-23(39(35,36)37)24(17)31-32-25-18-8-6-5-7-15(18)13-19(26(25)33)27(34)30-16-9-10-21(29)22(14-16)38-4-2/h5-14,33H,3-4H2,1-2H3,(H,30,34)(H,35,36,37). The van der Waals surface area contributed by atoms with Gasteiger partial charge in [-0.25, -0.2) is 0 Å². The van der Waals surface area contributed by atoms with Gasteiger partial charge < -0.3 is 15.2 Å². The highest BCUT2D eigenvalue weighted by Gasteiger charge is 2.22. The number of nitrogens with zero attached hydrogens (tertiary/aromatic N) is 2. The number of rotatable bonds is 8. The number of hydrogen-bond donors (Lipinski definition) is 3. The number of amides is 1. The molecule has 4 aromatic rings. The van der Waals surface area contributed by atoms with Crippen molar-refractivity contribution in [1.29, 1.82) is 0 Å². The minimum atomic E-state index is -4.67. The van der Waals surface area contributed by atoms with Gasteiger partial charge in [0.25, 0.3) is 16.0 Å². The zero-order valence-electron chi connectivity index (χ0n) is 20.8. The van der Waals surface area contributed by atoms with Crippen LogP contribution in [-0.2, 0) is 16.5 Å². The fourth-order valence-electron chi connectivity index (χ4n) is 3.98. The number of phenolic OH excluding ortho intramolecular Hbond substituents is 1. The van der Waals surface area contributed by atoms with E-state index in [-0.39, 0.29) is 28.4 Å². The Hall–Kier alpha value is -3.70. The van der Waals surface area contributed by atoms with Crippen LogP contribution in [0, 0.1) is 0 Å². The highest BCUT2D eigenvalue weighted by molar-refractivity contribution is 7.86. The first-order valence-corrected chi connectivity index (χ1v) is 13.9. The Bertz CT molecular complexity index is 1720. The Morgan fingerprint density at radius 2 is 1.67 bits per heavy atom. The van der Waals surface area contributed by atoms with Gasteiger partial charge in [0, 0.05) is 22.2 Å². The molecule has 0 radical (unpaired) electrons. The molecule has 0 aromatic heterocycles. The van der Waals surface area contributed by atoms with E-state index in [1.165, 1.54) is 12.1 Å². The average molecular weight is 588 g/mol. The maximum Gasteiger partial charge on any atom is 0.296 e. The Labute approximate surface area is 234 Å². The lowest BCUT2D eigenvalue weighted by Gasteiger charge is -2.13. The third kappa shape index (κ3) is 5.99. The van der Waals surface area contributed by atoms with Crippen molar-refractivity contribution in [1.82, 2.24) is 0 Å². The summed E-state index contributed by atoms with van der Waals surface area (Å²) in [6, 6.07) is 15.5. The fraction of sp³-hybridized carbons (Fsp3) is 0.148. The van der Waals surface area contributed by atoms with Crippen molar-refractivity contribution in [2.45, 2.75) is 25.2 Å². The minimum absolute atomic E-state index is 0.0762. The van der Waals surface area contributed by atoms with Crippen LogP contribution in [0.2, 0.25) is 10.0 Å². The summed E-state index contributed by atoms with van der Waals surface area (Å²) in [5, 5.41) is 23.7. The normalized spacial score (nSPS) is 11.7. The topological polar surface area (TPSA) is 138 Å². The number of benzene rings is 4. The predicted molar refractivity (Wildman–Crippen MR) is 151 cm³/mol. The van der Waals surface area contributed by atoms with Gasteiger partial charge in [0.1, 0.15) is 22.0 Å². The van der Waals surface area contributed by atoms with Crippen LogP contribution in [0.1, 0.15) is 29.8 Å². The summed E-state index contributed by atoms with van der Waals surface area (Å²) in [5.74, 6) is -0.741. The first kappa shape index (κ1) is 28.3. The van der Waals surface area contributed by atoms with Crippen molar-refractivity contribution in [2.24, 2.45) is 10.2 Å². The molecule has 0 bridgehead atoms. The zero-order chi connectivity index (χ0) is 28.3. The second-order valence-corrected chi connectivity index (χ2v) is 10.5. The second-order valence-electron chi connectivity index (χ2n) is 8.28. The molecule has 0 atom stereocenters. The van der Waals surface area contributed by atoms with E-state index in [4.69, 9.17) is 27.9 Å². The van der Waals surface area contributed by atoms with Gasteiger partial charge in [0.15, 0.2) is 5.75 Å². The third-order valence-electron chi connectivity index (χ3n) is 5.80. The van der Waals surface area contributed by atoms with E-state index in [1.54, 1.807) is 56.3 Å². The van der Waals surface area contributed by atoms with Gasteiger partial charge in [-0.1, -0.05) is 54.4 Å². The highest BCUT2D eigenvalue weighted by atomic mass is 35.5. The molecule has 0 aliphatic carbocycles. The molecule has 0 heterocycles. The van der Waals surface area contributed by atoms with Crippen LogP contribution < -0.4 is 10.1 Å². The van der Waals surface area contributed by atoms with Crippen LogP contribution in [0.4, 0.5) is 17.1 Å². The van der Waals surface area contributed by atoms with E-state index in [9.17, 15) is 22.9 Å². The average Bonchev–Trinajstić information content (AvgIpc) is 2.89. The maximum atomic E-state index is 13.2. The van der Waals surface area contributed by atoms with Crippen LogP contribution in [0.3, 0.4) is 0 Å². The lowest BCUT2D eigenvalue weighted by Crippen LogP contribution is -2.12. The van der Waals surface area contributed by atoms with Crippen molar-refractivity contribution in [2.75, 3.05) is 11.9 Å². The van der Waals surface area contributed by atoms with E-state index in [1.807, 2.05) is 0 Å². The molecule has 3 N–H and O–H groups in total. The molecule has 0 fully saturated rings. The van der Waals surface area contributed by atoms with Crippen LogP contribution in [0.25, 0.3) is 10.8 Å². The number of carbonyl (C=O) groups is 1. The Kier molecular flexibility index (Phi) is 8.41. The summed E-state index contributed by atoms with van der Waals surface area (Å²) >= 11 is 12.4. The minimum Gasteiger partial charge on any atom is -0.505 e. The van der Waals surface area contributed by atoms with E-state index < -0.39 is 26.7 Å². The summed E-state index contributed by atoms with van der Waals surface area (Å²) in [6.07, 6.45) is 0.288. The van der Waals surface area contributed by atoms with Crippen molar-refractivity contribution in [3.63, 3.8) is 0 Å². The first-order valence-electron chi connectivity index (χ1n) is 11.7. The van der Waals surface area contributed by atoms with E-state index in [2.05, 4.69) is 15.5 Å².